The zero-order valence-corrected chi connectivity index (χ0v) is 8.29. The third-order valence-corrected chi connectivity index (χ3v) is 2.24. The van der Waals surface area contributed by atoms with Crippen LogP contribution in [0, 0.1) is 0 Å². The number of H-pyrrole nitrogens is 1. The fourth-order valence-electron chi connectivity index (χ4n) is 1.52. The van der Waals surface area contributed by atoms with Crippen molar-refractivity contribution in [2.45, 2.75) is 0 Å². The largest absolute Gasteiger partial charge is 0.360 e. The second-order valence-electron chi connectivity index (χ2n) is 3.25. The van der Waals surface area contributed by atoms with Crippen LogP contribution in [0.1, 0.15) is 10.4 Å². The predicted molar refractivity (Wildman–Crippen MR) is 60.8 cm³/mol. The molecule has 76 valence electrons. The molecule has 0 bridgehead atoms. The number of nitrogens with one attached hydrogen (secondary N) is 2. The fraction of sp³-hybridized carbons (Fsp3) is 0.0833. The maximum absolute atomic E-state index is 11.7. The summed E-state index contributed by atoms with van der Waals surface area (Å²) in [6, 6.07) is 7.72. The van der Waals surface area contributed by atoms with Gasteiger partial charge in [-0.3, -0.25) is 4.79 Å². The second-order valence-corrected chi connectivity index (χ2v) is 3.25. The second kappa shape index (κ2) is 4.00. The number of aromatic amines is 1. The first-order valence-corrected chi connectivity index (χ1v) is 4.78. The number of carbonyl (C=O) groups is 1. The average molecular weight is 200 g/mol. The van der Waals surface area contributed by atoms with Gasteiger partial charge in [-0.05, 0) is 6.07 Å². The molecule has 0 fully saturated rings. The highest BCUT2D eigenvalue weighted by Crippen LogP contribution is 2.17. The fourth-order valence-corrected chi connectivity index (χ4v) is 1.52. The molecule has 2 rings (SSSR count). The van der Waals surface area contributed by atoms with Gasteiger partial charge in [0.1, 0.15) is 0 Å². The van der Waals surface area contributed by atoms with Crippen molar-refractivity contribution in [2.75, 3.05) is 6.54 Å². The van der Waals surface area contributed by atoms with E-state index in [1.807, 2.05) is 24.3 Å². The van der Waals surface area contributed by atoms with Crippen LogP contribution in [-0.2, 0) is 0 Å². The van der Waals surface area contributed by atoms with Gasteiger partial charge in [0.15, 0.2) is 0 Å². The van der Waals surface area contributed by atoms with Crippen LogP contribution in [0.25, 0.3) is 10.9 Å². The highest BCUT2D eigenvalue weighted by atomic mass is 16.1. The number of benzene rings is 1. The summed E-state index contributed by atoms with van der Waals surface area (Å²) in [6.07, 6.45) is 3.38. The van der Waals surface area contributed by atoms with Gasteiger partial charge in [-0.1, -0.05) is 24.3 Å². The van der Waals surface area contributed by atoms with Crippen LogP contribution in [0.4, 0.5) is 0 Å². The molecule has 1 aromatic heterocycles. The first kappa shape index (κ1) is 9.52. The molecule has 1 heterocycles. The third kappa shape index (κ3) is 1.76. The van der Waals surface area contributed by atoms with Gasteiger partial charge < -0.3 is 10.3 Å². The number of fused-ring (bicyclic) bond motifs is 1. The minimum absolute atomic E-state index is 0.0765. The molecule has 0 saturated carbocycles. The molecule has 3 heteroatoms. The van der Waals surface area contributed by atoms with Crippen molar-refractivity contribution >= 4 is 16.8 Å². The number of hydrogen-bond acceptors (Lipinski definition) is 1. The van der Waals surface area contributed by atoms with Gasteiger partial charge in [-0.25, -0.2) is 0 Å². The monoisotopic (exact) mass is 200 g/mol. The standard InChI is InChI=1S/C12H12N2O/c1-2-7-13-12(15)10-8-14-11-6-4-3-5-9(10)11/h2-6,8,14H,1,7H2,(H,13,15). The summed E-state index contributed by atoms with van der Waals surface area (Å²) in [4.78, 5) is 14.8. The van der Waals surface area contributed by atoms with E-state index in [-0.39, 0.29) is 5.91 Å². The van der Waals surface area contributed by atoms with Crippen molar-refractivity contribution in [1.82, 2.24) is 10.3 Å². The van der Waals surface area contributed by atoms with E-state index >= 15 is 0 Å². The number of amides is 1. The summed E-state index contributed by atoms with van der Waals surface area (Å²) in [6.45, 7) is 4.04. The third-order valence-electron chi connectivity index (χ3n) is 2.24. The summed E-state index contributed by atoms with van der Waals surface area (Å²) in [5.41, 5.74) is 1.65. The molecule has 0 aliphatic heterocycles. The minimum atomic E-state index is -0.0765. The zero-order valence-electron chi connectivity index (χ0n) is 8.29. The Morgan fingerprint density at radius 3 is 3.07 bits per heavy atom. The highest BCUT2D eigenvalue weighted by molar-refractivity contribution is 6.06. The van der Waals surface area contributed by atoms with E-state index in [9.17, 15) is 4.79 Å². The van der Waals surface area contributed by atoms with E-state index in [2.05, 4.69) is 16.9 Å². The molecule has 1 amide bonds. The Hall–Kier alpha value is -2.03. The van der Waals surface area contributed by atoms with E-state index in [0.717, 1.165) is 10.9 Å². The first-order chi connectivity index (χ1) is 7.33. The van der Waals surface area contributed by atoms with E-state index < -0.39 is 0 Å². The molecule has 0 aliphatic rings. The van der Waals surface area contributed by atoms with Crippen LogP contribution >= 0.6 is 0 Å². The van der Waals surface area contributed by atoms with E-state index in [1.54, 1.807) is 12.3 Å². The molecule has 3 nitrogen and oxygen atoms in total. The molecule has 0 atom stereocenters. The number of para-hydroxylation sites is 1. The van der Waals surface area contributed by atoms with Crippen LogP contribution in [0.15, 0.2) is 43.1 Å². The van der Waals surface area contributed by atoms with E-state index in [4.69, 9.17) is 0 Å². The van der Waals surface area contributed by atoms with Gasteiger partial charge in [0, 0.05) is 23.6 Å². The van der Waals surface area contributed by atoms with Crippen LogP contribution < -0.4 is 5.32 Å². The molecular weight excluding hydrogens is 188 g/mol. The summed E-state index contributed by atoms with van der Waals surface area (Å²) < 4.78 is 0. The summed E-state index contributed by atoms with van der Waals surface area (Å²) in [5.74, 6) is -0.0765. The van der Waals surface area contributed by atoms with Crippen molar-refractivity contribution in [3.8, 4) is 0 Å². The van der Waals surface area contributed by atoms with Gasteiger partial charge in [-0.2, -0.15) is 0 Å². The Bertz CT molecular complexity index is 499. The van der Waals surface area contributed by atoms with Crippen LogP contribution in [0.3, 0.4) is 0 Å². The van der Waals surface area contributed by atoms with Crippen LogP contribution in [0.5, 0.6) is 0 Å². The Morgan fingerprint density at radius 2 is 2.27 bits per heavy atom. The maximum Gasteiger partial charge on any atom is 0.253 e. The normalized spacial score (nSPS) is 10.1. The van der Waals surface area contributed by atoms with Crippen LogP contribution in [0.2, 0.25) is 0 Å². The van der Waals surface area contributed by atoms with Crippen molar-refractivity contribution in [3.05, 3.63) is 48.7 Å². The molecule has 0 saturated heterocycles. The molecule has 0 unspecified atom stereocenters. The lowest BCUT2D eigenvalue weighted by molar-refractivity contribution is 0.0959. The summed E-state index contributed by atoms with van der Waals surface area (Å²) in [7, 11) is 0. The Labute approximate surface area is 87.8 Å². The molecule has 0 aliphatic carbocycles. The molecule has 2 aromatic rings. The van der Waals surface area contributed by atoms with Crippen molar-refractivity contribution in [1.29, 1.82) is 0 Å². The molecule has 15 heavy (non-hydrogen) atoms. The number of aromatic nitrogens is 1. The maximum atomic E-state index is 11.7. The number of carbonyl (C=O) groups excluding carboxylic acids is 1. The molecule has 0 radical (unpaired) electrons. The minimum Gasteiger partial charge on any atom is -0.360 e. The number of hydrogen-bond donors (Lipinski definition) is 2. The smallest absolute Gasteiger partial charge is 0.253 e. The average Bonchev–Trinajstić information content (AvgIpc) is 2.69. The topological polar surface area (TPSA) is 44.9 Å². The Kier molecular flexibility index (Phi) is 2.54. The van der Waals surface area contributed by atoms with Gasteiger partial charge in [0.25, 0.3) is 5.91 Å². The van der Waals surface area contributed by atoms with E-state index in [0.29, 0.717) is 12.1 Å². The van der Waals surface area contributed by atoms with Gasteiger partial charge in [-0.15, -0.1) is 6.58 Å². The Morgan fingerprint density at radius 1 is 1.47 bits per heavy atom. The molecular formula is C12H12N2O. The van der Waals surface area contributed by atoms with Crippen molar-refractivity contribution < 1.29 is 4.79 Å². The lowest BCUT2D eigenvalue weighted by Gasteiger charge is -1.99. The SMILES string of the molecule is C=CCNC(=O)c1c[nH]c2ccccc12. The lowest BCUT2D eigenvalue weighted by atomic mass is 10.1. The van der Waals surface area contributed by atoms with Crippen LogP contribution in [-0.4, -0.2) is 17.4 Å². The highest BCUT2D eigenvalue weighted by Gasteiger charge is 2.09. The quantitative estimate of drug-likeness (QED) is 0.732. The molecule has 1 aromatic carbocycles. The first-order valence-electron chi connectivity index (χ1n) is 4.78. The Balaban J connectivity index is 2.35. The molecule has 2 N–H and O–H groups in total. The lowest BCUT2D eigenvalue weighted by Crippen LogP contribution is -2.22. The van der Waals surface area contributed by atoms with Crippen molar-refractivity contribution in [2.24, 2.45) is 0 Å². The van der Waals surface area contributed by atoms with E-state index in [1.165, 1.54) is 0 Å². The predicted octanol–water partition coefficient (Wildman–Crippen LogP) is 2.08. The zero-order chi connectivity index (χ0) is 10.7. The summed E-state index contributed by atoms with van der Waals surface area (Å²) >= 11 is 0. The van der Waals surface area contributed by atoms with Gasteiger partial charge >= 0.3 is 0 Å². The summed E-state index contributed by atoms with van der Waals surface area (Å²) in [5, 5.41) is 3.69. The van der Waals surface area contributed by atoms with Gasteiger partial charge in [0.05, 0.1) is 5.56 Å². The van der Waals surface area contributed by atoms with Gasteiger partial charge in [0.2, 0.25) is 0 Å². The van der Waals surface area contributed by atoms with Crippen molar-refractivity contribution in [3.63, 3.8) is 0 Å². The molecule has 0 spiro atoms. The number of rotatable bonds is 3.